The maximum absolute atomic E-state index is 6.19. The number of nitrogens with one attached hydrogen (secondary N) is 1. The average Bonchev–Trinajstić information content (AvgIpc) is 2.97. The van der Waals surface area contributed by atoms with Gasteiger partial charge >= 0.3 is 0 Å². The Balaban J connectivity index is 2.05. The summed E-state index contributed by atoms with van der Waals surface area (Å²) in [5.41, 5.74) is 2.76. The second-order valence-corrected chi connectivity index (χ2v) is 4.73. The number of aromatic amines is 1. The van der Waals surface area contributed by atoms with Gasteiger partial charge in [0.05, 0.1) is 24.0 Å². The molecular formula is C16H13ClN2O. The van der Waals surface area contributed by atoms with Gasteiger partial charge in [-0.2, -0.15) is 0 Å². The first kappa shape index (κ1) is 12.8. The number of benzene rings is 2. The van der Waals surface area contributed by atoms with Crippen LogP contribution in [-0.2, 0) is 0 Å². The van der Waals surface area contributed by atoms with Crippen LogP contribution < -0.4 is 4.74 Å². The molecule has 3 rings (SSSR count). The summed E-state index contributed by atoms with van der Waals surface area (Å²) in [6.07, 6.45) is 1.79. The van der Waals surface area contributed by atoms with E-state index < -0.39 is 0 Å². The lowest BCUT2D eigenvalue weighted by Gasteiger charge is -2.05. The van der Waals surface area contributed by atoms with Gasteiger partial charge in [-0.05, 0) is 24.3 Å². The normalized spacial score (nSPS) is 10.5. The van der Waals surface area contributed by atoms with Crippen molar-refractivity contribution in [3.63, 3.8) is 0 Å². The fourth-order valence-electron chi connectivity index (χ4n) is 2.12. The quantitative estimate of drug-likeness (QED) is 0.774. The highest BCUT2D eigenvalue weighted by molar-refractivity contribution is 6.33. The molecule has 1 N–H and O–H groups in total. The van der Waals surface area contributed by atoms with Gasteiger partial charge in [-0.25, -0.2) is 4.98 Å². The Morgan fingerprint density at radius 3 is 2.45 bits per heavy atom. The number of hydrogen-bond donors (Lipinski definition) is 1. The van der Waals surface area contributed by atoms with Crippen LogP contribution in [-0.4, -0.2) is 17.1 Å². The topological polar surface area (TPSA) is 37.9 Å². The molecule has 0 aliphatic heterocycles. The zero-order valence-corrected chi connectivity index (χ0v) is 11.7. The molecule has 0 saturated heterocycles. The van der Waals surface area contributed by atoms with Gasteiger partial charge in [0.2, 0.25) is 0 Å². The number of ether oxygens (including phenoxy) is 1. The molecule has 0 spiro atoms. The molecule has 3 nitrogen and oxygen atoms in total. The number of hydrogen-bond acceptors (Lipinski definition) is 2. The fraction of sp³-hybridized carbons (Fsp3) is 0.0625. The van der Waals surface area contributed by atoms with Gasteiger partial charge in [0.1, 0.15) is 11.6 Å². The summed E-state index contributed by atoms with van der Waals surface area (Å²) in [6, 6.07) is 15.4. The highest BCUT2D eigenvalue weighted by atomic mass is 35.5. The predicted molar refractivity (Wildman–Crippen MR) is 81.0 cm³/mol. The molecule has 2 aromatic carbocycles. The molecule has 20 heavy (non-hydrogen) atoms. The maximum Gasteiger partial charge on any atom is 0.139 e. The molecule has 0 unspecified atom stereocenters. The van der Waals surface area contributed by atoms with E-state index in [4.69, 9.17) is 16.3 Å². The molecule has 4 heteroatoms. The van der Waals surface area contributed by atoms with E-state index in [0.29, 0.717) is 5.02 Å². The van der Waals surface area contributed by atoms with Crippen molar-refractivity contribution in [2.45, 2.75) is 0 Å². The van der Waals surface area contributed by atoms with Gasteiger partial charge in [0.25, 0.3) is 0 Å². The van der Waals surface area contributed by atoms with Crippen molar-refractivity contribution >= 4 is 11.6 Å². The van der Waals surface area contributed by atoms with Crippen LogP contribution in [0.2, 0.25) is 5.02 Å². The van der Waals surface area contributed by atoms with Crippen molar-refractivity contribution < 1.29 is 4.74 Å². The van der Waals surface area contributed by atoms with Gasteiger partial charge in [-0.3, -0.25) is 0 Å². The van der Waals surface area contributed by atoms with E-state index in [1.165, 1.54) is 0 Å². The first-order chi connectivity index (χ1) is 9.79. The van der Waals surface area contributed by atoms with Crippen molar-refractivity contribution in [3.8, 4) is 28.4 Å². The Bertz CT molecular complexity index is 737. The number of halogens is 1. The Morgan fingerprint density at radius 1 is 1.00 bits per heavy atom. The lowest BCUT2D eigenvalue weighted by molar-refractivity contribution is 0.416. The summed E-state index contributed by atoms with van der Waals surface area (Å²) in [4.78, 5) is 7.69. The van der Waals surface area contributed by atoms with E-state index >= 15 is 0 Å². The van der Waals surface area contributed by atoms with E-state index in [0.717, 1.165) is 28.4 Å². The minimum atomic E-state index is 0.674. The number of imidazole rings is 1. The Hall–Kier alpha value is -2.26. The summed E-state index contributed by atoms with van der Waals surface area (Å²) < 4.78 is 5.36. The second kappa shape index (κ2) is 5.39. The second-order valence-electron chi connectivity index (χ2n) is 4.33. The van der Waals surface area contributed by atoms with Crippen LogP contribution in [0.25, 0.3) is 22.6 Å². The summed E-state index contributed by atoms with van der Waals surface area (Å²) in [5, 5.41) is 0.674. The molecule has 0 aliphatic rings. The Morgan fingerprint density at radius 2 is 1.70 bits per heavy atom. The molecule has 1 heterocycles. The van der Waals surface area contributed by atoms with Crippen molar-refractivity contribution in [2.24, 2.45) is 0 Å². The number of H-pyrrole nitrogens is 1. The molecule has 0 bridgehead atoms. The van der Waals surface area contributed by atoms with Crippen LogP contribution >= 0.6 is 11.6 Å². The molecular weight excluding hydrogens is 272 g/mol. The Kier molecular flexibility index (Phi) is 3.44. The number of methoxy groups -OCH3 is 1. The van der Waals surface area contributed by atoms with Gasteiger partial charge in [0, 0.05) is 11.1 Å². The van der Waals surface area contributed by atoms with Gasteiger partial charge in [-0.15, -0.1) is 0 Å². The van der Waals surface area contributed by atoms with E-state index in [9.17, 15) is 0 Å². The predicted octanol–water partition coefficient (Wildman–Crippen LogP) is 4.41. The first-order valence-electron chi connectivity index (χ1n) is 6.23. The highest BCUT2D eigenvalue weighted by Crippen LogP contribution is 2.31. The summed E-state index contributed by atoms with van der Waals surface area (Å²) in [5.74, 6) is 1.55. The summed E-state index contributed by atoms with van der Waals surface area (Å²) in [7, 11) is 1.66. The molecule has 100 valence electrons. The molecule has 0 saturated carbocycles. The van der Waals surface area contributed by atoms with E-state index in [2.05, 4.69) is 9.97 Å². The monoisotopic (exact) mass is 284 g/mol. The minimum absolute atomic E-state index is 0.674. The van der Waals surface area contributed by atoms with E-state index in [-0.39, 0.29) is 0 Å². The number of nitrogens with zero attached hydrogens (tertiary/aromatic N) is 1. The van der Waals surface area contributed by atoms with Crippen LogP contribution in [0, 0.1) is 0 Å². The van der Waals surface area contributed by atoms with Gasteiger partial charge in [0.15, 0.2) is 0 Å². The lowest BCUT2D eigenvalue weighted by atomic mass is 10.1. The third kappa shape index (κ3) is 2.28. The van der Waals surface area contributed by atoms with Crippen LogP contribution in [0.3, 0.4) is 0 Å². The molecule has 0 amide bonds. The molecule has 3 aromatic rings. The van der Waals surface area contributed by atoms with Crippen molar-refractivity contribution in [1.29, 1.82) is 0 Å². The summed E-state index contributed by atoms with van der Waals surface area (Å²) in [6.45, 7) is 0. The fourth-order valence-corrected chi connectivity index (χ4v) is 2.34. The van der Waals surface area contributed by atoms with Crippen molar-refractivity contribution in [3.05, 3.63) is 59.8 Å². The first-order valence-corrected chi connectivity index (χ1v) is 6.60. The van der Waals surface area contributed by atoms with E-state index in [1.54, 1.807) is 13.3 Å². The van der Waals surface area contributed by atoms with Gasteiger partial charge < -0.3 is 9.72 Å². The van der Waals surface area contributed by atoms with E-state index in [1.807, 2.05) is 48.5 Å². The largest absolute Gasteiger partial charge is 0.496 e. The standard InChI is InChI=1S/C16H13ClN2O/c1-20-15-9-5-3-7-12(15)14-10-18-16(19-14)11-6-2-4-8-13(11)17/h2-10H,1H3,(H,18,19). The van der Waals surface area contributed by atoms with Crippen LogP contribution in [0.5, 0.6) is 5.75 Å². The SMILES string of the molecule is COc1ccccc1-c1cnc(-c2ccccc2Cl)[nH]1. The highest BCUT2D eigenvalue weighted by Gasteiger charge is 2.10. The number of aromatic nitrogens is 2. The molecule has 0 radical (unpaired) electrons. The third-order valence-corrected chi connectivity index (χ3v) is 3.43. The average molecular weight is 285 g/mol. The van der Waals surface area contributed by atoms with Gasteiger partial charge in [-0.1, -0.05) is 35.9 Å². The van der Waals surface area contributed by atoms with Crippen LogP contribution in [0.15, 0.2) is 54.7 Å². The molecule has 1 aromatic heterocycles. The lowest BCUT2D eigenvalue weighted by Crippen LogP contribution is -1.87. The van der Waals surface area contributed by atoms with Crippen LogP contribution in [0.1, 0.15) is 0 Å². The van der Waals surface area contributed by atoms with Crippen LogP contribution in [0.4, 0.5) is 0 Å². The number of para-hydroxylation sites is 1. The maximum atomic E-state index is 6.19. The third-order valence-electron chi connectivity index (χ3n) is 3.10. The zero-order chi connectivity index (χ0) is 13.9. The zero-order valence-electron chi connectivity index (χ0n) is 10.9. The van der Waals surface area contributed by atoms with Crippen molar-refractivity contribution in [2.75, 3.05) is 7.11 Å². The smallest absolute Gasteiger partial charge is 0.139 e. The number of rotatable bonds is 3. The molecule has 0 atom stereocenters. The Labute approximate surface area is 122 Å². The molecule has 0 aliphatic carbocycles. The van der Waals surface area contributed by atoms with Crippen molar-refractivity contribution in [1.82, 2.24) is 9.97 Å². The minimum Gasteiger partial charge on any atom is -0.496 e. The summed E-state index contributed by atoms with van der Waals surface area (Å²) >= 11 is 6.19. The molecule has 0 fully saturated rings.